The first kappa shape index (κ1) is 13.7. The van der Waals surface area contributed by atoms with E-state index in [2.05, 4.69) is 10.5 Å². The van der Waals surface area contributed by atoms with Crippen molar-refractivity contribution in [3.63, 3.8) is 0 Å². The molecular weight excluding hydrogens is 268 g/mol. The molecule has 0 unspecified atom stereocenters. The number of carbonyl (C=O) groups excluding carboxylic acids is 1. The second kappa shape index (κ2) is 5.99. The van der Waals surface area contributed by atoms with Crippen molar-refractivity contribution in [1.82, 2.24) is 10.5 Å². The van der Waals surface area contributed by atoms with Crippen molar-refractivity contribution in [3.05, 3.63) is 47.3 Å². The fourth-order valence-corrected chi connectivity index (χ4v) is 2.09. The van der Waals surface area contributed by atoms with Gasteiger partial charge in [0.05, 0.1) is 6.54 Å². The van der Waals surface area contributed by atoms with Gasteiger partial charge in [-0.3, -0.25) is 4.79 Å². The minimum absolute atomic E-state index is 0.224. The molecule has 1 aromatic carbocycles. The first-order valence-corrected chi connectivity index (χ1v) is 7.16. The number of nitrogens with one attached hydrogen (secondary N) is 1. The highest BCUT2D eigenvalue weighted by Crippen LogP contribution is 2.40. The Bertz CT molecular complexity index is 632. The van der Waals surface area contributed by atoms with Crippen LogP contribution in [-0.4, -0.2) is 24.2 Å². The Morgan fingerprint density at radius 2 is 2.29 bits per heavy atom. The van der Waals surface area contributed by atoms with E-state index in [-0.39, 0.29) is 5.91 Å². The minimum atomic E-state index is -0.224. The summed E-state index contributed by atoms with van der Waals surface area (Å²) in [4.78, 5) is 11.9. The highest BCUT2D eigenvalue weighted by Gasteiger charge is 2.28. The molecule has 1 aromatic heterocycles. The summed E-state index contributed by atoms with van der Waals surface area (Å²) in [6.07, 6.45) is 2.25. The fraction of sp³-hybridized carbons (Fsp3) is 0.375. The first-order chi connectivity index (χ1) is 10.2. The number of hydrogen-bond donors (Lipinski definition) is 1. The lowest BCUT2D eigenvalue weighted by molar-refractivity contribution is 0.0938. The molecule has 21 heavy (non-hydrogen) atoms. The Morgan fingerprint density at radius 1 is 1.43 bits per heavy atom. The number of benzene rings is 1. The third-order valence-electron chi connectivity index (χ3n) is 3.39. The monoisotopic (exact) mass is 286 g/mol. The summed E-state index contributed by atoms with van der Waals surface area (Å²) in [6, 6.07) is 9.54. The quantitative estimate of drug-likeness (QED) is 0.829. The molecule has 2 aromatic rings. The van der Waals surface area contributed by atoms with Crippen molar-refractivity contribution >= 4 is 5.91 Å². The van der Waals surface area contributed by atoms with Crippen LogP contribution in [0.3, 0.4) is 0 Å². The van der Waals surface area contributed by atoms with Crippen molar-refractivity contribution in [3.8, 4) is 5.75 Å². The summed E-state index contributed by atoms with van der Waals surface area (Å²) in [6.45, 7) is 2.86. The number of hydrogen-bond acceptors (Lipinski definition) is 4. The van der Waals surface area contributed by atoms with Crippen LogP contribution in [0.2, 0.25) is 0 Å². The summed E-state index contributed by atoms with van der Waals surface area (Å²) in [5, 5.41) is 6.57. The van der Waals surface area contributed by atoms with Crippen LogP contribution in [0.15, 0.2) is 34.9 Å². The van der Waals surface area contributed by atoms with Crippen LogP contribution in [-0.2, 0) is 0 Å². The van der Waals surface area contributed by atoms with Crippen molar-refractivity contribution in [1.29, 1.82) is 0 Å². The standard InChI is InChI=1S/C16H18N2O3/c1-11-3-2-4-13(9-11)20-8-7-17-16(19)14-10-15(21-18-14)12-5-6-12/h2-4,9-10,12H,5-8H2,1H3,(H,17,19). The number of nitrogens with zero attached hydrogens (tertiary/aromatic N) is 1. The zero-order valence-electron chi connectivity index (χ0n) is 12.0. The van der Waals surface area contributed by atoms with Gasteiger partial charge in [0.2, 0.25) is 0 Å². The SMILES string of the molecule is Cc1cccc(OCCNC(=O)c2cc(C3CC3)on2)c1. The van der Waals surface area contributed by atoms with E-state index < -0.39 is 0 Å². The molecular formula is C16H18N2O3. The fourth-order valence-electron chi connectivity index (χ4n) is 2.09. The Morgan fingerprint density at radius 3 is 3.05 bits per heavy atom. The van der Waals surface area contributed by atoms with Gasteiger partial charge in [0.1, 0.15) is 18.1 Å². The van der Waals surface area contributed by atoms with Crippen LogP contribution in [0.25, 0.3) is 0 Å². The summed E-state index contributed by atoms with van der Waals surface area (Å²) in [7, 11) is 0. The molecule has 110 valence electrons. The largest absolute Gasteiger partial charge is 0.492 e. The molecule has 0 atom stereocenters. The van der Waals surface area contributed by atoms with Crippen LogP contribution in [0, 0.1) is 6.92 Å². The molecule has 0 radical (unpaired) electrons. The van der Waals surface area contributed by atoms with Gasteiger partial charge in [-0.25, -0.2) is 0 Å². The average Bonchev–Trinajstić information content (AvgIpc) is 3.21. The second-order valence-corrected chi connectivity index (χ2v) is 5.31. The molecule has 0 aliphatic heterocycles. The van der Waals surface area contributed by atoms with E-state index in [4.69, 9.17) is 9.26 Å². The van der Waals surface area contributed by atoms with Gasteiger partial charge in [0.25, 0.3) is 5.91 Å². The van der Waals surface area contributed by atoms with Crippen LogP contribution >= 0.6 is 0 Å². The third kappa shape index (κ3) is 3.62. The van der Waals surface area contributed by atoms with E-state index in [1.165, 1.54) is 0 Å². The minimum Gasteiger partial charge on any atom is -0.492 e. The lowest BCUT2D eigenvalue weighted by Gasteiger charge is -2.07. The summed E-state index contributed by atoms with van der Waals surface area (Å²) < 4.78 is 10.7. The molecule has 0 bridgehead atoms. The van der Waals surface area contributed by atoms with Crippen molar-refractivity contribution < 1.29 is 14.1 Å². The molecule has 1 saturated carbocycles. The van der Waals surface area contributed by atoms with Crippen LogP contribution in [0.4, 0.5) is 0 Å². The van der Waals surface area contributed by atoms with E-state index in [9.17, 15) is 4.79 Å². The highest BCUT2D eigenvalue weighted by atomic mass is 16.5. The number of carbonyl (C=O) groups is 1. The lowest BCUT2D eigenvalue weighted by atomic mass is 10.2. The Balaban J connectivity index is 1.43. The van der Waals surface area contributed by atoms with Crippen molar-refractivity contribution in [2.75, 3.05) is 13.2 Å². The molecule has 5 nitrogen and oxygen atoms in total. The maximum Gasteiger partial charge on any atom is 0.273 e. The Labute approximate surface area is 123 Å². The summed E-state index contributed by atoms with van der Waals surface area (Å²) in [5.41, 5.74) is 1.49. The molecule has 0 spiro atoms. The zero-order valence-corrected chi connectivity index (χ0v) is 12.0. The van der Waals surface area contributed by atoms with E-state index in [0.717, 1.165) is 29.9 Å². The molecule has 1 fully saturated rings. The smallest absolute Gasteiger partial charge is 0.273 e. The summed E-state index contributed by atoms with van der Waals surface area (Å²) in [5.74, 6) is 1.86. The van der Waals surface area contributed by atoms with Gasteiger partial charge in [-0.2, -0.15) is 0 Å². The lowest BCUT2D eigenvalue weighted by Crippen LogP contribution is -2.28. The molecule has 0 saturated heterocycles. The van der Waals surface area contributed by atoms with Crippen LogP contribution < -0.4 is 10.1 Å². The average molecular weight is 286 g/mol. The molecule has 1 aliphatic carbocycles. The second-order valence-electron chi connectivity index (χ2n) is 5.31. The van der Waals surface area contributed by atoms with Gasteiger partial charge in [-0.1, -0.05) is 17.3 Å². The molecule has 1 aliphatic rings. The predicted octanol–water partition coefficient (Wildman–Crippen LogP) is 2.67. The third-order valence-corrected chi connectivity index (χ3v) is 3.39. The molecule has 5 heteroatoms. The van der Waals surface area contributed by atoms with Gasteiger partial charge in [-0.15, -0.1) is 0 Å². The highest BCUT2D eigenvalue weighted by molar-refractivity contribution is 5.92. The number of aromatic nitrogens is 1. The van der Waals surface area contributed by atoms with Crippen molar-refractivity contribution in [2.45, 2.75) is 25.7 Å². The number of aryl methyl sites for hydroxylation is 1. The van der Waals surface area contributed by atoms with Crippen molar-refractivity contribution in [2.24, 2.45) is 0 Å². The predicted molar refractivity (Wildman–Crippen MR) is 77.5 cm³/mol. The maximum absolute atomic E-state index is 11.9. The number of rotatable bonds is 6. The van der Waals surface area contributed by atoms with Crippen LogP contribution in [0.1, 0.15) is 40.6 Å². The summed E-state index contributed by atoms with van der Waals surface area (Å²) >= 11 is 0. The van der Waals surface area contributed by atoms with Gasteiger partial charge in [0.15, 0.2) is 5.69 Å². The van der Waals surface area contributed by atoms with Gasteiger partial charge >= 0.3 is 0 Å². The van der Waals surface area contributed by atoms with E-state index in [1.807, 2.05) is 31.2 Å². The van der Waals surface area contributed by atoms with Crippen LogP contribution in [0.5, 0.6) is 5.75 Å². The molecule has 1 amide bonds. The van der Waals surface area contributed by atoms with Gasteiger partial charge in [0, 0.05) is 12.0 Å². The number of amides is 1. The zero-order chi connectivity index (χ0) is 14.7. The Hall–Kier alpha value is -2.30. The Kier molecular flexibility index (Phi) is 3.90. The first-order valence-electron chi connectivity index (χ1n) is 7.16. The normalized spacial score (nSPS) is 14.0. The topological polar surface area (TPSA) is 64.4 Å². The molecule has 1 heterocycles. The maximum atomic E-state index is 11.9. The van der Waals surface area contributed by atoms with E-state index in [0.29, 0.717) is 24.8 Å². The van der Waals surface area contributed by atoms with Gasteiger partial charge < -0.3 is 14.6 Å². The molecule has 3 rings (SSSR count). The number of ether oxygens (including phenoxy) is 1. The van der Waals surface area contributed by atoms with Gasteiger partial charge in [-0.05, 0) is 37.5 Å². The van der Waals surface area contributed by atoms with E-state index >= 15 is 0 Å². The molecule has 1 N–H and O–H groups in total. The van der Waals surface area contributed by atoms with E-state index in [1.54, 1.807) is 6.07 Å².